The molecule has 0 aromatic carbocycles. The van der Waals surface area contributed by atoms with Crippen molar-refractivity contribution in [1.29, 1.82) is 0 Å². The van der Waals surface area contributed by atoms with Gasteiger partial charge in [0.2, 0.25) is 0 Å². The lowest BCUT2D eigenvalue weighted by molar-refractivity contribution is -0.167. The van der Waals surface area contributed by atoms with Gasteiger partial charge >= 0.3 is 17.9 Å². The van der Waals surface area contributed by atoms with Gasteiger partial charge in [-0.25, -0.2) is 0 Å². The van der Waals surface area contributed by atoms with Crippen LogP contribution in [-0.2, 0) is 28.6 Å². The smallest absolute Gasteiger partial charge is 0.306 e. The standard InChI is InChI=1S/C73H116O6/c1-4-7-10-13-16-19-22-25-28-31-34-35-36-37-40-42-45-48-51-54-57-60-63-66-72(75)78-69-70(79-73(76)67-64-61-58-55-52-49-46-43-39-33-30-27-24-21-18-15-12-9-6-3)68-77-71(74)65-62-59-56-53-50-47-44-41-38-32-29-26-23-20-17-14-11-8-5-2/h7,9-10,12,16-21,25-30,34-35,37-41,43,45,48,70H,4-6,8,11,13-15,22-24,31-33,36,42,44,46-47,49-69H2,1-3H3/b10-7-,12-9-,19-16-,20-17-,21-18-,28-25-,29-26-,30-27-,35-34-,40-37-,41-38-,43-39-,48-45-. The number of unbranched alkanes of at least 4 members (excludes halogenated alkanes) is 19. The maximum atomic E-state index is 12.9. The maximum absolute atomic E-state index is 12.9. The largest absolute Gasteiger partial charge is 0.462 e. The third-order valence-corrected chi connectivity index (χ3v) is 13.0. The van der Waals surface area contributed by atoms with Crippen molar-refractivity contribution in [2.75, 3.05) is 13.2 Å². The SMILES string of the molecule is CC/C=C\C/C=C\C/C=C\C/C=C\C/C=C\C/C=C\CCCCCCC(=O)OCC(COC(=O)CCCCCCCC/C=C\C/C=C\C/C=C\CCCCC)OC(=O)CCCCCCCC/C=C\C/C=C\C/C=C\C/C=C\CC. The molecule has 0 saturated heterocycles. The second-order valence-electron chi connectivity index (χ2n) is 20.5. The first kappa shape index (κ1) is 74.0. The Labute approximate surface area is 486 Å². The van der Waals surface area contributed by atoms with Crippen molar-refractivity contribution in [2.45, 2.75) is 271 Å². The lowest BCUT2D eigenvalue weighted by atomic mass is 10.1. The molecule has 0 fully saturated rings. The van der Waals surface area contributed by atoms with E-state index in [1.165, 1.54) is 51.4 Å². The molecule has 0 aromatic heterocycles. The topological polar surface area (TPSA) is 78.9 Å². The third-order valence-electron chi connectivity index (χ3n) is 13.0. The lowest BCUT2D eigenvalue weighted by Gasteiger charge is -2.18. The van der Waals surface area contributed by atoms with Gasteiger partial charge in [0, 0.05) is 19.3 Å². The van der Waals surface area contributed by atoms with Gasteiger partial charge in [-0.1, -0.05) is 256 Å². The van der Waals surface area contributed by atoms with Gasteiger partial charge in [0.15, 0.2) is 6.10 Å². The Hall–Kier alpha value is -4.97. The molecule has 6 heteroatoms. The van der Waals surface area contributed by atoms with Crippen LogP contribution < -0.4 is 0 Å². The summed E-state index contributed by atoms with van der Waals surface area (Å²) >= 11 is 0. The van der Waals surface area contributed by atoms with Crippen molar-refractivity contribution in [3.8, 4) is 0 Å². The zero-order chi connectivity index (χ0) is 57.1. The van der Waals surface area contributed by atoms with Crippen molar-refractivity contribution in [2.24, 2.45) is 0 Å². The minimum Gasteiger partial charge on any atom is -0.462 e. The number of hydrogen-bond acceptors (Lipinski definition) is 6. The molecule has 0 aliphatic heterocycles. The van der Waals surface area contributed by atoms with Crippen molar-refractivity contribution in [3.63, 3.8) is 0 Å². The molecule has 0 spiro atoms. The first-order valence-corrected chi connectivity index (χ1v) is 32.0. The minimum absolute atomic E-state index is 0.106. The summed E-state index contributed by atoms with van der Waals surface area (Å²) in [5, 5.41) is 0. The zero-order valence-corrected chi connectivity index (χ0v) is 50.8. The monoisotopic (exact) mass is 1090 g/mol. The molecule has 0 aliphatic rings. The highest BCUT2D eigenvalue weighted by Crippen LogP contribution is 2.14. The minimum atomic E-state index is -0.813. The van der Waals surface area contributed by atoms with Gasteiger partial charge in [-0.2, -0.15) is 0 Å². The molecule has 1 unspecified atom stereocenters. The summed E-state index contributed by atoms with van der Waals surface area (Å²) in [5.41, 5.74) is 0. The number of allylic oxidation sites excluding steroid dienone is 26. The van der Waals surface area contributed by atoms with Crippen LogP contribution in [0.4, 0.5) is 0 Å². The van der Waals surface area contributed by atoms with E-state index in [0.717, 1.165) is 173 Å². The van der Waals surface area contributed by atoms with Crippen LogP contribution in [0.3, 0.4) is 0 Å². The second-order valence-corrected chi connectivity index (χ2v) is 20.5. The predicted octanol–water partition coefficient (Wildman–Crippen LogP) is 22.1. The Kier molecular flexibility index (Phi) is 61.4. The second kappa shape index (κ2) is 65.5. The average molecular weight is 1090 g/mol. The number of carbonyl (C=O) groups excluding carboxylic acids is 3. The van der Waals surface area contributed by atoms with Crippen molar-refractivity contribution < 1.29 is 28.6 Å². The molecule has 0 aliphatic carbocycles. The molecular weight excluding hydrogens is 973 g/mol. The molecule has 6 nitrogen and oxygen atoms in total. The normalized spacial score (nSPS) is 13.2. The van der Waals surface area contributed by atoms with Crippen LogP contribution in [0.25, 0.3) is 0 Å². The molecule has 444 valence electrons. The molecule has 1 atom stereocenters. The van der Waals surface area contributed by atoms with E-state index in [2.05, 4.69) is 179 Å². The number of ether oxygens (including phenoxy) is 3. The predicted molar refractivity (Wildman–Crippen MR) is 343 cm³/mol. The summed E-state index contributed by atoms with van der Waals surface area (Å²) in [6.45, 7) is 6.34. The molecule has 0 amide bonds. The summed E-state index contributed by atoms with van der Waals surface area (Å²) in [6.07, 6.45) is 95.2. The number of carbonyl (C=O) groups is 3. The van der Waals surface area contributed by atoms with Gasteiger partial charge in [-0.05, 0) is 148 Å². The van der Waals surface area contributed by atoms with E-state index in [0.29, 0.717) is 19.3 Å². The van der Waals surface area contributed by atoms with E-state index in [4.69, 9.17) is 14.2 Å². The van der Waals surface area contributed by atoms with Gasteiger partial charge in [-0.3, -0.25) is 14.4 Å². The fourth-order valence-electron chi connectivity index (χ4n) is 8.27. The summed E-state index contributed by atoms with van der Waals surface area (Å²) in [7, 11) is 0. The van der Waals surface area contributed by atoms with Crippen molar-refractivity contribution in [1.82, 2.24) is 0 Å². The summed E-state index contributed by atoms with van der Waals surface area (Å²) in [6, 6.07) is 0. The Morgan fingerprint density at radius 3 is 0.772 bits per heavy atom. The highest BCUT2D eigenvalue weighted by atomic mass is 16.6. The Morgan fingerprint density at radius 2 is 0.494 bits per heavy atom. The van der Waals surface area contributed by atoms with Crippen LogP contribution in [0.5, 0.6) is 0 Å². The van der Waals surface area contributed by atoms with Crippen molar-refractivity contribution in [3.05, 3.63) is 158 Å². The van der Waals surface area contributed by atoms with Crippen molar-refractivity contribution >= 4 is 17.9 Å². The van der Waals surface area contributed by atoms with E-state index in [-0.39, 0.29) is 31.1 Å². The fraction of sp³-hybridized carbons (Fsp3) is 0.603. The quantitative estimate of drug-likeness (QED) is 0.0261. The van der Waals surface area contributed by atoms with Gasteiger partial charge < -0.3 is 14.2 Å². The molecule has 0 bridgehead atoms. The van der Waals surface area contributed by atoms with Crippen LogP contribution in [-0.4, -0.2) is 37.2 Å². The Bertz CT molecular complexity index is 1780. The number of hydrogen-bond donors (Lipinski definition) is 0. The van der Waals surface area contributed by atoms with E-state index in [1.807, 2.05) is 0 Å². The van der Waals surface area contributed by atoms with Crippen LogP contribution in [0.2, 0.25) is 0 Å². The fourth-order valence-corrected chi connectivity index (χ4v) is 8.27. The average Bonchev–Trinajstić information content (AvgIpc) is 3.45. The molecule has 0 radical (unpaired) electrons. The molecule has 0 heterocycles. The molecule has 0 aromatic rings. The molecule has 0 rings (SSSR count). The van der Waals surface area contributed by atoms with Gasteiger partial charge in [0.25, 0.3) is 0 Å². The van der Waals surface area contributed by atoms with Gasteiger partial charge in [-0.15, -0.1) is 0 Å². The summed E-state index contributed by atoms with van der Waals surface area (Å²) in [4.78, 5) is 38.4. The van der Waals surface area contributed by atoms with E-state index >= 15 is 0 Å². The summed E-state index contributed by atoms with van der Waals surface area (Å²) < 4.78 is 16.9. The van der Waals surface area contributed by atoms with Gasteiger partial charge in [0.1, 0.15) is 13.2 Å². The first-order valence-electron chi connectivity index (χ1n) is 32.0. The molecular formula is C73H116O6. The van der Waals surface area contributed by atoms with Gasteiger partial charge in [0.05, 0.1) is 0 Å². The first-order chi connectivity index (χ1) is 39.0. The van der Waals surface area contributed by atoms with Crippen LogP contribution in [0.15, 0.2) is 158 Å². The lowest BCUT2D eigenvalue weighted by Crippen LogP contribution is -2.30. The van der Waals surface area contributed by atoms with Crippen LogP contribution in [0, 0.1) is 0 Å². The molecule has 0 N–H and O–H groups in total. The van der Waals surface area contributed by atoms with E-state index in [9.17, 15) is 14.4 Å². The Morgan fingerprint density at radius 1 is 0.266 bits per heavy atom. The third kappa shape index (κ3) is 63.7. The summed E-state index contributed by atoms with van der Waals surface area (Å²) in [5.74, 6) is -0.959. The number of rotatable bonds is 56. The number of esters is 3. The Balaban J connectivity index is 4.53. The van der Waals surface area contributed by atoms with E-state index in [1.54, 1.807) is 0 Å². The van der Waals surface area contributed by atoms with Crippen LogP contribution >= 0.6 is 0 Å². The highest BCUT2D eigenvalue weighted by Gasteiger charge is 2.19. The molecule has 79 heavy (non-hydrogen) atoms. The molecule has 0 saturated carbocycles. The van der Waals surface area contributed by atoms with Crippen LogP contribution in [0.1, 0.15) is 265 Å². The maximum Gasteiger partial charge on any atom is 0.306 e. The highest BCUT2D eigenvalue weighted by molar-refractivity contribution is 5.71. The van der Waals surface area contributed by atoms with E-state index < -0.39 is 6.10 Å². The zero-order valence-electron chi connectivity index (χ0n) is 50.8.